The molecule has 1 fully saturated rings. The van der Waals surface area contributed by atoms with Crippen LogP contribution in [-0.4, -0.2) is 60.8 Å². The summed E-state index contributed by atoms with van der Waals surface area (Å²) >= 11 is 0. The van der Waals surface area contributed by atoms with Crippen molar-refractivity contribution < 1.29 is 24.5 Å². The van der Waals surface area contributed by atoms with E-state index in [0.29, 0.717) is 32.7 Å². The van der Waals surface area contributed by atoms with Gasteiger partial charge in [-0.3, -0.25) is 4.79 Å². The monoisotopic (exact) mass is 261 g/mol. The molecule has 0 radical (unpaired) electrons. The number of hydrogen-bond donors (Lipinski definition) is 3. The number of β-amino-alcohol motifs (C(OH)–C–C–N with tert-alkyl or cyclic N) is 1. The number of ether oxygens (including phenoxy) is 2. The molecule has 18 heavy (non-hydrogen) atoms. The summed E-state index contributed by atoms with van der Waals surface area (Å²) in [6.07, 6.45) is 0.583. The van der Waals surface area contributed by atoms with E-state index in [4.69, 9.17) is 9.47 Å². The Morgan fingerprint density at radius 2 is 2.17 bits per heavy atom. The lowest BCUT2D eigenvalue weighted by Crippen LogP contribution is -2.54. The maximum Gasteiger partial charge on any atom is 0.308 e. The van der Waals surface area contributed by atoms with Gasteiger partial charge < -0.3 is 25.0 Å². The molecule has 0 aromatic heterocycles. The molecule has 106 valence electrons. The molecule has 0 spiro atoms. The van der Waals surface area contributed by atoms with E-state index >= 15 is 0 Å². The van der Waals surface area contributed by atoms with E-state index in [-0.39, 0.29) is 19.6 Å². The Hall–Kier alpha value is -0.690. The molecule has 0 bridgehead atoms. The normalized spacial score (nSPS) is 20.4. The van der Waals surface area contributed by atoms with Gasteiger partial charge in [0.2, 0.25) is 0 Å². The van der Waals surface area contributed by atoms with Crippen molar-refractivity contribution in [1.82, 2.24) is 5.32 Å². The number of esters is 1. The Kier molecular flexibility index (Phi) is 6.56. The topological polar surface area (TPSA) is 88.0 Å². The maximum absolute atomic E-state index is 11.2. The summed E-state index contributed by atoms with van der Waals surface area (Å²) in [4.78, 5) is 11.2. The molecule has 6 heteroatoms. The Balaban J connectivity index is 2.31. The molecule has 1 aliphatic rings. The van der Waals surface area contributed by atoms with Crippen LogP contribution in [0, 0.1) is 0 Å². The third kappa shape index (κ3) is 4.89. The lowest BCUT2D eigenvalue weighted by atomic mass is 9.91. The van der Waals surface area contributed by atoms with Gasteiger partial charge in [-0.1, -0.05) is 0 Å². The van der Waals surface area contributed by atoms with Crippen molar-refractivity contribution in [2.24, 2.45) is 0 Å². The largest absolute Gasteiger partial charge is 0.466 e. The van der Waals surface area contributed by atoms with Crippen molar-refractivity contribution in [3.8, 4) is 0 Å². The van der Waals surface area contributed by atoms with E-state index in [2.05, 4.69) is 5.32 Å². The summed E-state index contributed by atoms with van der Waals surface area (Å²) in [5, 5.41) is 22.3. The Morgan fingerprint density at radius 1 is 1.50 bits per heavy atom. The zero-order valence-electron chi connectivity index (χ0n) is 10.9. The molecule has 1 heterocycles. The van der Waals surface area contributed by atoms with Gasteiger partial charge in [-0.2, -0.15) is 0 Å². The van der Waals surface area contributed by atoms with E-state index < -0.39 is 17.6 Å². The van der Waals surface area contributed by atoms with Crippen LogP contribution in [0.5, 0.6) is 0 Å². The second-order valence-corrected chi connectivity index (χ2v) is 4.59. The number of aliphatic hydroxyl groups is 2. The highest BCUT2D eigenvalue weighted by Gasteiger charge is 2.32. The van der Waals surface area contributed by atoms with Crippen molar-refractivity contribution in [2.45, 2.75) is 37.8 Å². The summed E-state index contributed by atoms with van der Waals surface area (Å²) in [7, 11) is 0. The quantitative estimate of drug-likeness (QED) is 0.532. The van der Waals surface area contributed by atoms with Crippen LogP contribution in [0.1, 0.15) is 26.2 Å². The minimum atomic E-state index is -0.796. The average Bonchev–Trinajstić information content (AvgIpc) is 2.38. The van der Waals surface area contributed by atoms with Gasteiger partial charge >= 0.3 is 5.97 Å². The van der Waals surface area contributed by atoms with E-state index in [1.165, 1.54) is 0 Å². The van der Waals surface area contributed by atoms with Crippen molar-refractivity contribution in [3.05, 3.63) is 0 Å². The number of rotatable bonds is 7. The Morgan fingerprint density at radius 3 is 2.72 bits per heavy atom. The smallest absolute Gasteiger partial charge is 0.308 e. The third-order valence-corrected chi connectivity index (χ3v) is 3.17. The molecule has 1 rings (SSSR count). The first-order valence-corrected chi connectivity index (χ1v) is 6.39. The van der Waals surface area contributed by atoms with Gasteiger partial charge in [0.15, 0.2) is 0 Å². The molecule has 0 aromatic rings. The molecular weight excluding hydrogens is 238 g/mol. The fourth-order valence-corrected chi connectivity index (χ4v) is 1.97. The van der Waals surface area contributed by atoms with E-state index in [9.17, 15) is 15.0 Å². The molecule has 3 N–H and O–H groups in total. The Labute approximate surface area is 107 Å². The molecule has 0 aliphatic carbocycles. The minimum Gasteiger partial charge on any atom is -0.466 e. The van der Waals surface area contributed by atoms with Crippen molar-refractivity contribution >= 4 is 5.97 Å². The molecule has 1 atom stereocenters. The number of aliphatic hydroxyl groups excluding tert-OH is 2. The van der Waals surface area contributed by atoms with E-state index in [0.717, 1.165) is 0 Å². The third-order valence-electron chi connectivity index (χ3n) is 3.17. The summed E-state index contributed by atoms with van der Waals surface area (Å²) in [5.41, 5.74) is -0.395. The number of carbonyl (C=O) groups is 1. The average molecular weight is 261 g/mol. The van der Waals surface area contributed by atoms with E-state index in [1.54, 1.807) is 6.92 Å². The SMILES string of the molecule is CCOC(=O)CC(O)CNC1(CO)CCOCC1. The summed E-state index contributed by atoms with van der Waals surface area (Å²) in [6.45, 7) is 3.51. The molecule has 1 saturated heterocycles. The lowest BCUT2D eigenvalue weighted by Gasteiger charge is -2.37. The van der Waals surface area contributed by atoms with Crippen LogP contribution in [0.2, 0.25) is 0 Å². The summed E-state index contributed by atoms with van der Waals surface area (Å²) < 4.78 is 10.0. The van der Waals surface area contributed by atoms with Crippen molar-refractivity contribution in [2.75, 3.05) is 33.0 Å². The molecule has 1 unspecified atom stereocenters. The van der Waals surface area contributed by atoms with Gasteiger partial charge in [-0.15, -0.1) is 0 Å². The first-order chi connectivity index (χ1) is 8.62. The van der Waals surface area contributed by atoms with Crippen LogP contribution in [0.25, 0.3) is 0 Å². The van der Waals surface area contributed by atoms with Crippen LogP contribution in [0.4, 0.5) is 0 Å². The summed E-state index contributed by atoms with van der Waals surface area (Å²) in [6, 6.07) is 0. The molecular formula is C12H23NO5. The molecule has 0 amide bonds. The second-order valence-electron chi connectivity index (χ2n) is 4.59. The number of hydrogen-bond acceptors (Lipinski definition) is 6. The predicted molar refractivity (Wildman–Crippen MR) is 65.1 cm³/mol. The van der Waals surface area contributed by atoms with Gasteiger partial charge in [0, 0.05) is 25.3 Å². The Bertz CT molecular complexity index is 253. The van der Waals surface area contributed by atoms with Gasteiger partial charge in [-0.05, 0) is 19.8 Å². The molecule has 0 saturated carbocycles. The highest BCUT2D eigenvalue weighted by molar-refractivity contribution is 5.69. The first-order valence-electron chi connectivity index (χ1n) is 6.39. The first kappa shape index (κ1) is 15.4. The fraction of sp³-hybridized carbons (Fsp3) is 0.917. The highest BCUT2D eigenvalue weighted by atomic mass is 16.5. The second kappa shape index (κ2) is 7.68. The maximum atomic E-state index is 11.2. The van der Waals surface area contributed by atoms with E-state index in [1.807, 2.05) is 0 Å². The van der Waals surface area contributed by atoms with Gasteiger partial charge in [-0.25, -0.2) is 0 Å². The lowest BCUT2D eigenvalue weighted by molar-refractivity contribution is -0.145. The zero-order chi connectivity index (χ0) is 13.4. The number of nitrogens with one attached hydrogen (secondary N) is 1. The van der Waals surface area contributed by atoms with Gasteiger partial charge in [0.1, 0.15) is 0 Å². The molecule has 0 aromatic carbocycles. The van der Waals surface area contributed by atoms with Crippen LogP contribution in [0.3, 0.4) is 0 Å². The molecule has 6 nitrogen and oxygen atoms in total. The minimum absolute atomic E-state index is 0.00247. The standard InChI is InChI=1S/C12H23NO5/c1-2-18-11(16)7-10(15)8-13-12(9-14)3-5-17-6-4-12/h10,13-15H,2-9H2,1H3. The fourth-order valence-electron chi connectivity index (χ4n) is 1.97. The van der Waals surface area contributed by atoms with Crippen molar-refractivity contribution in [3.63, 3.8) is 0 Å². The van der Waals surface area contributed by atoms with Crippen LogP contribution in [-0.2, 0) is 14.3 Å². The highest BCUT2D eigenvalue weighted by Crippen LogP contribution is 2.19. The van der Waals surface area contributed by atoms with Crippen molar-refractivity contribution in [1.29, 1.82) is 0 Å². The number of carbonyl (C=O) groups excluding carboxylic acids is 1. The van der Waals surface area contributed by atoms with Gasteiger partial charge in [0.05, 0.1) is 25.7 Å². The van der Waals surface area contributed by atoms with Crippen LogP contribution < -0.4 is 5.32 Å². The van der Waals surface area contributed by atoms with Gasteiger partial charge in [0.25, 0.3) is 0 Å². The summed E-state index contributed by atoms with van der Waals surface area (Å²) in [5.74, 6) is -0.406. The van der Waals surface area contributed by atoms with Crippen LogP contribution >= 0.6 is 0 Å². The molecule has 1 aliphatic heterocycles. The predicted octanol–water partition coefficient (Wildman–Crippen LogP) is -0.568. The van der Waals surface area contributed by atoms with Crippen LogP contribution in [0.15, 0.2) is 0 Å². The zero-order valence-corrected chi connectivity index (χ0v) is 10.9.